The molecule has 2 amide bonds. The molecule has 26 heavy (non-hydrogen) atoms. The molecule has 0 bridgehead atoms. The molecule has 2 N–H and O–H groups in total. The Morgan fingerprint density at radius 2 is 1.92 bits per heavy atom. The number of nitrogens with one attached hydrogen (secondary N) is 2. The van der Waals surface area contributed by atoms with Crippen LogP contribution in [0.1, 0.15) is 0 Å². The number of halogens is 1. The Hall–Kier alpha value is -2.08. The minimum absolute atomic E-state index is 0.0836. The van der Waals surface area contributed by atoms with E-state index in [-0.39, 0.29) is 37.7 Å². The van der Waals surface area contributed by atoms with Gasteiger partial charge in [-0.25, -0.2) is 12.8 Å². The maximum atomic E-state index is 13.0. The highest BCUT2D eigenvalue weighted by molar-refractivity contribution is 7.89. The summed E-state index contributed by atoms with van der Waals surface area (Å²) in [6.07, 6.45) is -0.958. The number of sulfonamides is 1. The second-order valence-corrected chi connectivity index (χ2v) is 7.24. The molecule has 0 unspecified atom stereocenters. The maximum absolute atomic E-state index is 13.0. The summed E-state index contributed by atoms with van der Waals surface area (Å²) in [7, 11) is -2.46. The van der Waals surface area contributed by atoms with E-state index in [0.29, 0.717) is 0 Å². The predicted molar refractivity (Wildman–Crippen MR) is 87.9 cm³/mol. The number of hydrogen-bond acceptors (Lipinski definition) is 6. The van der Waals surface area contributed by atoms with E-state index in [4.69, 9.17) is 9.47 Å². The third-order valence-electron chi connectivity index (χ3n) is 3.60. The van der Waals surface area contributed by atoms with Crippen molar-refractivity contribution in [2.45, 2.75) is 11.1 Å². The third-order valence-corrected chi connectivity index (χ3v) is 5.50. The van der Waals surface area contributed by atoms with Crippen molar-refractivity contribution in [3.8, 4) is 0 Å². The number of ether oxygens (including phenoxy) is 2. The molecule has 0 spiro atoms. The molecule has 1 saturated heterocycles. The number of benzene rings is 1. The molecule has 1 aromatic carbocycles. The zero-order chi connectivity index (χ0) is 19.2. The number of amides is 2. The SMILES string of the molecule is COCCNC(=O)C(=O)NC[C@@H]1OCCN1S(=O)(=O)c1ccc(F)cc1. The lowest BCUT2D eigenvalue weighted by Crippen LogP contribution is -2.47. The zero-order valence-corrected chi connectivity index (χ0v) is 14.9. The summed E-state index contributed by atoms with van der Waals surface area (Å²) in [5.41, 5.74) is 0. The molecule has 0 aliphatic carbocycles. The fourth-order valence-electron chi connectivity index (χ4n) is 2.29. The van der Waals surface area contributed by atoms with E-state index < -0.39 is 33.9 Å². The molecule has 1 atom stereocenters. The van der Waals surface area contributed by atoms with Crippen molar-refractivity contribution in [1.29, 1.82) is 0 Å². The number of carbonyl (C=O) groups is 2. The molecular weight excluding hydrogens is 369 g/mol. The Bertz CT molecular complexity index is 740. The molecule has 1 heterocycles. The van der Waals surface area contributed by atoms with Gasteiger partial charge < -0.3 is 20.1 Å². The van der Waals surface area contributed by atoms with Gasteiger partial charge in [-0.15, -0.1) is 0 Å². The minimum Gasteiger partial charge on any atom is -0.383 e. The summed E-state index contributed by atoms with van der Waals surface area (Å²) in [5, 5.41) is 4.68. The van der Waals surface area contributed by atoms with Gasteiger partial charge in [0.1, 0.15) is 12.0 Å². The predicted octanol–water partition coefficient (Wildman–Crippen LogP) is -0.948. The van der Waals surface area contributed by atoms with Gasteiger partial charge in [0.05, 0.1) is 24.7 Å². The van der Waals surface area contributed by atoms with E-state index in [1.807, 2.05) is 0 Å². The van der Waals surface area contributed by atoms with Gasteiger partial charge >= 0.3 is 11.8 Å². The highest BCUT2D eigenvalue weighted by atomic mass is 32.2. The molecule has 1 aliphatic heterocycles. The second-order valence-electron chi connectivity index (χ2n) is 5.35. The van der Waals surface area contributed by atoms with Crippen molar-refractivity contribution in [3.05, 3.63) is 30.1 Å². The average Bonchev–Trinajstić information content (AvgIpc) is 3.09. The van der Waals surface area contributed by atoms with Gasteiger partial charge in [0.15, 0.2) is 0 Å². The number of methoxy groups -OCH3 is 1. The molecule has 1 aromatic rings. The first-order valence-electron chi connectivity index (χ1n) is 7.80. The topological polar surface area (TPSA) is 114 Å². The Labute approximate surface area is 150 Å². The molecule has 9 nitrogen and oxygen atoms in total. The Morgan fingerprint density at radius 1 is 1.27 bits per heavy atom. The fourth-order valence-corrected chi connectivity index (χ4v) is 3.80. The highest BCUT2D eigenvalue weighted by Crippen LogP contribution is 2.22. The molecule has 0 radical (unpaired) electrons. The summed E-state index contributed by atoms with van der Waals surface area (Å²) in [6.45, 7) is 0.459. The van der Waals surface area contributed by atoms with Crippen molar-refractivity contribution in [3.63, 3.8) is 0 Å². The van der Waals surface area contributed by atoms with E-state index in [9.17, 15) is 22.4 Å². The van der Waals surface area contributed by atoms with Crippen LogP contribution in [0.2, 0.25) is 0 Å². The van der Waals surface area contributed by atoms with E-state index >= 15 is 0 Å². The van der Waals surface area contributed by atoms with E-state index in [1.165, 1.54) is 7.11 Å². The lowest BCUT2D eigenvalue weighted by molar-refractivity contribution is -0.139. The monoisotopic (exact) mass is 389 g/mol. The molecule has 0 saturated carbocycles. The summed E-state index contributed by atoms with van der Waals surface area (Å²) in [5.74, 6) is -2.31. The first kappa shape index (κ1) is 20.2. The molecule has 11 heteroatoms. The van der Waals surface area contributed by atoms with Gasteiger partial charge in [-0.2, -0.15) is 4.31 Å². The van der Waals surface area contributed by atoms with Crippen molar-refractivity contribution in [2.75, 3.05) is 40.0 Å². The zero-order valence-electron chi connectivity index (χ0n) is 14.1. The van der Waals surface area contributed by atoms with Crippen LogP contribution in [0.15, 0.2) is 29.2 Å². The summed E-state index contributed by atoms with van der Waals surface area (Å²) in [6, 6.07) is 4.40. The summed E-state index contributed by atoms with van der Waals surface area (Å²) in [4.78, 5) is 23.2. The van der Waals surface area contributed by atoms with Crippen LogP contribution in [0.25, 0.3) is 0 Å². The van der Waals surface area contributed by atoms with E-state index in [2.05, 4.69) is 10.6 Å². The highest BCUT2D eigenvalue weighted by Gasteiger charge is 2.36. The standard InChI is InChI=1S/C15H20FN3O6S/c1-24-8-6-17-14(20)15(21)18-10-13-19(7-9-25-13)26(22,23)12-4-2-11(16)3-5-12/h2-5,13H,6-10H2,1H3,(H,17,20)(H,18,21)/t13-/m0/s1. The minimum atomic E-state index is -3.92. The third kappa shape index (κ3) is 4.97. The molecule has 0 aromatic heterocycles. The van der Waals surface area contributed by atoms with Crippen LogP contribution in [-0.2, 0) is 29.1 Å². The van der Waals surface area contributed by atoms with Crippen LogP contribution in [0.5, 0.6) is 0 Å². The lowest BCUT2D eigenvalue weighted by atomic mass is 10.4. The Kier molecular flexibility index (Phi) is 7.03. The van der Waals surface area contributed by atoms with Crippen molar-refractivity contribution >= 4 is 21.8 Å². The molecule has 1 aliphatic rings. The first-order chi connectivity index (χ1) is 12.4. The lowest BCUT2D eigenvalue weighted by Gasteiger charge is -2.22. The Morgan fingerprint density at radius 3 is 2.58 bits per heavy atom. The van der Waals surface area contributed by atoms with Crippen LogP contribution >= 0.6 is 0 Å². The van der Waals surface area contributed by atoms with Crippen molar-refractivity contribution < 1.29 is 31.9 Å². The molecule has 1 fully saturated rings. The van der Waals surface area contributed by atoms with Crippen LogP contribution in [-0.4, -0.2) is 70.7 Å². The van der Waals surface area contributed by atoms with Gasteiger partial charge in [-0.3, -0.25) is 9.59 Å². The molecule has 144 valence electrons. The quantitative estimate of drug-likeness (QED) is 0.459. The number of carbonyl (C=O) groups excluding carboxylic acids is 2. The number of rotatable bonds is 7. The van der Waals surface area contributed by atoms with E-state index in [1.54, 1.807) is 0 Å². The maximum Gasteiger partial charge on any atom is 0.309 e. The largest absolute Gasteiger partial charge is 0.383 e. The van der Waals surface area contributed by atoms with Gasteiger partial charge in [-0.05, 0) is 24.3 Å². The van der Waals surface area contributed by atoms with E-state index in [0.717, 1.165) is 28.6 Å². The van der Waals surface area contributed by atoms with Crippen LogP contribution < -0.4 is 10.6 Å². The van der Waals surface area contributed by atoms with Crippen molar-refractivity contribution in [2.24, 2.45) is 0 Å². The summed E-state index contributed by atoms with van der Waals surface area (Å²) >= 11 is 0. The molecule has 2 rings (SSSR count). The fraction of sp³-hybridized carbons (Fsp3) is 0.467. The average molecular weight is 389 g/mol. The van der Waals surface area contributed by atoms with Crippen LogP contribution in [0.4, 0.5) is 4.39 Å². The number of hydrogen-bond donors (Lipinski definition) is 2. The second kappa shape index (κ2) is 9.03. The van der Waals surface area contributed by atoms with Gasteiger partial charge in [0.2, 0.25) is 10.0 Å². The van der Waals surface area contributed by atoms with Gasteiger partial charge in [-0.1, -0.05) is 0 Å². The Balaban J connectivity index is 1.96. The van der Waals surface area contributed by atoms with Crippen LogP contribution in [0.3, 0.4) is 0 Å². The van der Waals surface area contributed by atoms with Crippen molar-refractivity contribution in [1.82, 2.24) is 14.9 Å². The van der Waals surface area contributed by atoms with Gasteiger partial charge in [0, 0.05) is 20.2 Å². The molecular formula is C15H20FN3O6S. The smallest absolute Gasteiger partial charge is 0.309 e. The van der Waals surface area contributed by atoms with Gasteiger partial charge in [0.25, 0.3) is 0 Å². The first-order valence-corrected chi connectivity index (χ1v) is 9.24. The summed E-state index contributed by atoms with van der Waals surface area (Å²) < 4.78 is 49.4. The number of nitrogens with zero attached hydrogens (tertiary/aromatic N) is 1. The normalized spacial score (nSPS) is 17.8. The van der Waals surface area contributed by atoms with Crippen LogP contribution in [0, 0.1) is 5.82 Å².